The van der Waals surface area contributed by atoms with Gasteiger partial charge in [-0.05, 0) is 17.6 Å². The first-order chi connectivity index (χ1) is 11.6. The quantitative estimate of drug-likeness (QED) is 0.617. The largest absolute Gasteiger partial charge is 0.388 e. The first kappa shape index (κ1) is 14.8. The highest BCUT2D eigenvalue weighted by Gasteiger charge is 2.36. The monoisotopic (exact) mass is 323 g/mol. The molecule has 1 aliphatic rings. The van der Waals surface area contributed by atoms with Gasteiger partial charge < -0.3 is 20.5 Å². The van der Waals surface area contributed by atoms with E-state index in [4.69, 9.17) is 5.73 Å². The highest BCUT2D eigenvalue weighted by molar-refractivity contribution is 5.81. The van der Waals surface area contributed by atoms with E-state index in [0.29, 0.717) is 23.4 Å². The maximum atomic E-state index is 10.5. The number of hydrogen-bond acceptors (Lipinski definition) is 6. The molecule has 2 heterocycles. The molecule has 3 aromatic rings. The van der Waals surface area contributed by atoms with Crippen molar-refractivity contribution in [2.24, 2.45) is 0 Å². The highest BCUT2D eigenvalue weighted by Crippen LogP contribution is 2.33. The molecular weight excluding hydrogens is 306 g/mol. The number of benzene rings is 1. The van der Waals surface area contributed by atoms with Crippen molar-refractivity contribution in [1.82, 2.24) is 19.5 Å². The molecular formula is C17H17N5O2. The van der Waals surface area contributed by atoms with Crippen molar-refractivity contribution >= 4 is 17.0 Å². The Labute approximate surface area is 138 Å². The molecule has 0 bridgehead atoms. The molecule has 3 atom stereocenters. The third kappa shape index (κ3) is 2.34. The molecule has 0 unspecified atom stereocenters. The average molecular weight is 323 g/mol. The zero-order chi connectivity index (χ0) is 16.7. The summed E-state index contributed by atoms with van der Waals surface area (Å²) in [4.78, 5) is 12.3. The van der Waals surface area contributed by atoms with Crippen molar-refractivity contribution in [1.29, 1.82) is 0 Å². The molecule has 24 heavy (non-hydrogen) atoms. The topological polar surface area (TPSA) is 110 Å². The molecule has 4 rings (SSSR count). The molecule has 7 heteroatoms. The van der Waals surface area contributed by atoms with E-state index in [1.54, 1.807) is 10.9 Å². The molecule has 7 nitrogen and oxygen atoms in total. The van der Waals surface area contributed by atoms with Crippen LogP contribution >= 0.6 is 0 Å². The second-order valence-electron chi connectivity index (χ2n) is 5.91. The number of aliphatic hydroxyl groups is 2. The summed E-state index contributed by atoms with van der Waals surface area (Å²) in [5, 5.41) is 20.9. The van der Waals surface area contributed by atoms with Crippen molar-refractivity contribution in [2.75, 3.05) is 5.73 Å². The standard InChI is InChI=1S/C17H17N5O2/c18-16-13-17(20-8-19-16)22(9-21-13)12-7-11(14(23)15(12)24)6-10-4-2-1-3-5-10/h1-5,7-9,12,14-15,23-24H,6H2,(H2,18,19,20)/t12-,14-,15+/m1/s1. The summed E-state index contributed by atoms with van der Waals surface area (Å²) in [5.74, 6) is 0.292. The minimum atomic E-state index is -0.961. The number of nitrogen functional groups attached to an aromatic ring is 1. The van der Waals surface area contributed by atoms with Crippen LogP contribution in [0.25, 0.3) is 11.2 Å². The Morgan fingerprint density at radius 1 is 1.08 bits per heavy atom. The first-order valence-electron chi connectivity index (χ1n) is 7.69. The van der Waals surface area contributed by atoms with E-state index < -0.39 is 18.2 Å². The van der Waals surface area contributed by atoms with E-state index in [0.717, 1.165) is 11.1 Å². The highest BCUT2D eigenvalue weighted by atomic mass is 16.3. The smallest absolute Gasteiger partial charge is 0.166 e. The van der Waals surface area contributed by atoms with Gasteiger partial charge in [0.05, 0.1) is 12.4 Å². The summed E-state index contributed by atoms with van der Waals surface area (Å²) in [6, 6.07) is 9.39. The minimum absolute atomic E-state index is 0.292. The van der Waals surface area contributed by atoms with Gasteiger partial charge in [-0.15, -0.1) is 0 Å². The van der Waals surface area contributed by atoms with Gasteiger partial charge in [0.2, 0.25) is 0 Å². The third-order valence-corrected chi connectivity index (χ3v) is 4.40. The summed E-state index contributed by atoms with van der Waals surface area (Å²) in [5.41, 5.74) is 8.69. The van der Waals surface area contributed by atoms with E-state index in [-0.39, 0.29) is 0 Å². The number of imidazole rings is 1. The van der Waals surface area contributed by atoms with Gasteiger partial charge in [0.25, 0.3) is 0 Å². The molecule has 0 fully saturated rings. The van der Waals surface area contributed by atoms with Crippen LogP contribution in [-0.4, -0.2) is 41.9 Å². The number of aromatic nitrogens is 4. The summed E-state index contributed by atoms with van der Waals surface area (Å²) in [7, 11) is 0. The summed E-state index contributed by atoms with van der Waals surface area (Å²) >= 11 is 0. The lowest BCUT2D eigenvalue weighted by Gasteiger charge is -2.19. The number of fused-ring (bicyclic) bond motifs is 1. The summed E-state index contributed by atoms with van der Waals surface area (Å²) < 4.78 is 1.72. The van der Waals surface area contributed by atoms with Gasteiger partial charge in [0.15, 0.2) is 11.5 Å². The molecule has 0 amide bonds. The van der Waals surface area contributed by atoms with Gasteiger partial charge in [-0.1, -0.05) is 36.4 Å². The molecule has 2 aromatic heterocycles. The molecule has 0 saturated carbocycles. The fourth-order valence-electron chi connectivity index (χ4n) is 3.15. The van der Waals surface area contributed by atoms with Gasteiger partial charge in [0.1, 0.15) is 24.1 Å². The summed E-state index contributed by atoms with van der Waals surface area (Å²) in [6.07, 6.45) is 3.51. The maximum absolute atomic E-state index is 10.5. The maximum Gasteiger partial charge on any atom is 0.166 e. The number of anilines is 1. The molecule has 122 valence electrons. The lowest BCUT2D eigenvalue weighted by molar-refractivity contribution is 0.0320. The van der Waals surface area contributed by atoms with Crippen LogP contribution in [-0.2, 0) is 6.42 Å². The molecule has 1 aromatic carbocycles. The molecule has 0 radical (unpaired) electrons. The number of nitrogens with zero attached hydrogens (tertiary/aromatic N) is 4. The van der Waals surface area contributed by atoms with Crippen LogP contribution in [0.1, 0.15) is 11.6 Å². The second-order valence-corrected chi connectivity index (χ2v) is 5.91. The fraction of sp³-hybridized carbons (Fsp3) is 0.235. The van der Waals surface area contributed by atoms with Crippen LogP contribution < -0.4 is 5.73 Å². The molecule has 1 aliphatic carbocycles. The van der Waals surface area contributed by atoms with Crippen LogP contribution in [0.4, 0.5) is 5.82 Å². The van der Waals surface area contributed by atoms with Gasteiger partial charge in [-0.3, -0.25) is 0 Å². The SMILES string of the molecule is Nc1ncnc2c1ncn2[C@@H]1C=C(Cc2ccccc2)[C@@H](O)[C@H]1O. The van der Waals surface area contributed by atoms with Gasteiger partial charge in [-0.25, -0.2) is 15.0 Å². The lowest BCUT2D eigenvalue weighted by Crippen LogP contribution is -2.29. The summed E-state index contributed by atoms with van der Waals surface area (Å²) in [6.45, 7) is 0. The third-order valence-electron chi connectivity index (χ3n) is 4.40. The zero-order valence-corrected chi connectivity index (χ0v) is 12.8. The first-order valence-corrected chi connectivity index (χ1v) is 7.69. The Balaban J connectivity index is 1.71. The Kier molecular flexibility index (Phi) is 3.51. The average Bonchev–Trinajstić information content (AvgIpc) is 3.13. The number of nitrogens with two attached hydrogens (primary N) is 1. The van der Waals surface area contributed by atoms with E-state index in [2.05, 4.69) is 15.0 Å². The Hall–Kier alpha value is -2.77. The van der Waals surface area contributed by atoms with Crippen molar-refractivity contribution in [3.8, 4) is 0 Å². The normalized spacial score (nSPS) is 23.6. The van der Waals surface area contributed by atoms with Crippen LogP contribution in [0.5, 0.6) is 0 Å². The lowest BCUT2D eigenvalue weighted by atomic mass is 10.0. The Morgan fingerprint density at radius 3 is 2.67 bits per heavy atom. The van der Waals surface area contributed by atoms with Crippen molar-refractivity contribution in [3.05, 3.63) is 60.2 Å². The fourth-order valence-corrected chi connectivity index (χ4v) is 3.15. The van der Waals surface area contributed by atoms with Gasteiger partial charge in [0, 0.05) is 0 Å². The van der Waals surface area contributed by atoms with Crippen LogP contribution in [0, 0.1) is 0 Å². The van der Waals surface area contributed by atoms with Crippen LogP contribution in [0.2, 0.25) is 0 Å². The second kappa shape index (κ2) is 5.70. The molecule has 0 aliphatic heterocycles. The number of aliphatic hydroxyl groups excluding tert-OH is 2. The van der Waals surface area contributed by atoms with Crippen molar-refractivity contribution < 1.29 is 10.2 Å². The number of rotatable bonds is 3. The van der Waals surface area contributed by atoms with Gasteiger partial charge in [-0.2, -0.15) is 0 Å². The molecule has 0 saturated heterocycles. The molecule has 4 N–H and O–H groups in total. The predicted molar refractivity (Wildman–Crippen MR) is 89.0 cm³/mol. The minimum Gasteiger partial charge on any atom is -0.388 e. The predicted octanol–water partition coefficient (Wildman–Crippen LogP) is 0.854. The Morgan fingerprint density at radius 2 is 1.88 bits per heavy atom. The van der Waals surface area contributed by atoms with E-state index in [1.807, 2.05) is 36.4 Å². The molecule has 0 spiro atoms. The van der Waals surface area contributed by atoms with E-state index in [9.17, 15) is 10.2 Å². The zero-order valence-electron chi connectivity index (χ0n) is 12.8. The van der Waals surface area contributed by atoms with Crippen molar-refractivity contribution in [3.63, 3.8) is 0 Å². The Bertz CT molecular complexity index is 906. The van der Waals surface area contributed by atoms with Crippen LogP contribution in [0.3, 0.4) is 0 Å². The van der Waals surface area contributed by atoms with E-state index >= 15 is 0 Å². The van der Waals surface area contributed by atoms with Crippen LogP contribution in [0.15, 0.2) is 54.6 Å². The van der Waals surface area contributed by atoms with E-state index in [1.165, 1.54) is 6.33 Å². The number of hydrogen-bond donors (Lipinski definition) is 3. The van der Waals surface area contributed by atoms with Crippen molar-refractivity contribution in [2.45, 2.75) is 24.7 Å². The van der Waals surface area contributed by atoms with Gasteiger partial charge >= 0.3 is 0 Å².